The normalized spacial score (nSPS) is 11.1. The lowest BCUT2D eigenvalue weighted by atomic mass is 10.2. The van der Waals surface area contributed by atoms with Crippen LogP contribution in [0.3, 0.4) is 0 Å². The van der Waals surface area contributed by atoms with E-state index < -0.39 is 17.2 Å². The van der Waals surface area contributed by atoms with Gasteiger partial charge < -0.3 is 15.4 Å². The second-order valence-corrected chi connectivity index (χ2v) is 7.50. The number of nitrogens with one attached hydrogen (secondary N) is 1. The molecule has 0 radical (unpaired) electrons. The number of anilines is 2. The minimum Gasteiger partial charge on any atom is -0.484 e. The topological polar surface area (TPSA) is 110 Å². The van der Waals surface area contributed by atoms with Crippen molar-refractivity contribution in [3.8, 4) is 5.75 Å². The van der Waals surface area contributed by atoms with E-state index in [2.05, 4.69) is 4.98 Å². The number of nitrogens with two attached hydrogens (primary N) is 1. The van der Waals surface area contributed by atoms with E-state index in [9.17, 15) is 14.4 Å². The van der Waals surface area contributed by atoms with Gasteiger partial charge in [0.1, 0.15) is 11.6 Å². The fourth-order valence-corrected chi connectivity index (χ4v) is 2.81. The van der Waals surface area contributed by atoms with Crippen LogP contribution in [0, 0.1) is 11.8 Å². The number of carbonyl (C=O) groups excluding carboxylic acids is 1. The molecular formula is C20H28N4O4. The van der Waals surface area contributed by atoms with Crippen LogP contribution in [0.25, 0.3) is 0 Å². The molecule has 28 heavy (non-hydrogen) atoms. The minimum absolute atomic E-state index is 0.0174. The van der Waals surface area contributed by atoms with Crippen LogP contribution in [0.15, 0.2) is 39.9 Å². The van der Waals surface area contributed by atoms with Crippen LogP contribution in [0.1, 0.15) is 27.7 Å². The maximum atomic E-state index is 12.9. The van der Waals surface area contributed by atoms with Gasteiger partial charge in [-0.05, 0) is 24.0 Å². The highest BCUT2D eigenvalue weighted by Crippen LogP contribution is 2.20. The Morgan fingerprint density at radius 2 is 1.79 bits per heavy atom. The van der Waals surface area contributed by atoms with Crippen molar-refractivity contribution in [1.82, 2.24) is 9.55 Å². The third-order valence-corrected chi connectivity index (χ3v) is 3.99. The number of hydrogen-bond donors (Lipinski definition) is 2. The molecule has 0 fully saturated rings. The number of hydrogen-bond acceptors (Lipinski definition) is 5. The molecule has 1 amide bonds. The predicted octanol–water partition coefficient (Wildman–Crippen LogP) is 1.84. The van der Waals surface area contributed by atoms with E-state index in [1.165, 1.54) is 9.47 Å². The van der Waals surface area contributed by atoms with Crippen LogP contribution in [0.2, 0.25) is 0 Å². The summed E-state index contributed by atoms with van der Waals surface area (Å²) in [4.78, 5) is 41.1. The molecule has 0 saturated heterocycles. The Balaban J connectivity index is 2.40. The Kier molecular flexibility index (Phi) is 7.03. The number of carbonyl (C=O) groups is 1. The summed E-state index contributed by atoms with van der Waals surface area (Å²) >= 11 is 0. The third-order valence-electron chi connectivity index (χ3n) is 3.99. The van der Waals surface area contributed by atoms with Gasteiger partial charge in [0.25, 0.3) is 11.5 Å². The molecule has 0 spiro atoms. The largest absolute Gasteiger partial charge is 0.484 e. The van der Waals surface area contributed by atoms with Gasteiger partial charge in [-0.1, -0.05) is 45.9 Å². The Morgan fingerprint density at radius 3 is 2.36 bits per heavy atom. The number of aromatic amines is 1. The molecule has 8 heteroatoms. The lowest BCUT2D eigenvalue weighted by Crippen LogP contribution is -2.44. The zero-order valence-corrected chi connectivity index (χ0v) is 16.8. The molecule has 1 heterocycles. The van der Waals surface area contributed by atoms with Crippen molar-refractivity contribution in [2.24, 2.45) is 11.8 Å². The zero-order chi connectivity index (χ0) is 20.8. The van der Waals surface area contributed by atoms with Crippen LogP contribution in [-0.2, 0) is 11.3 Å². The maximum absolute atomic E-state index is 12.9. The van der Waals surface area contributed by atoms with Gasteiger partial charge in [-0.2, -0.15) is 0 Å². The SMILES string of the molecule is CC(C)CN(C(=O)COc1ccccc1)c1c(N)n(CC(C)C)c(=O)[nH]c1=O. The molecule has 3 N–H and O–H groups in total. The monoisotopic (exact) mass is 388 g/mol. The number of aromatic nitrogens is 2. The van der Waals surface area contributed by atoms with E-state index in [4.69, 9.17) is 10.5 Å². The van der Waals surface area contributed by atoms with Gasteiger partial charge in [0.05, 0.1) is 0 Å². The van der Waals surface area contributed by atoms with Crippen molar-refractivity contribution in [1.29, 1.82) is 0 Å². The fourth-order valence-electron chi connectivity index (χ4n) is 2.81. The molecule has 0 unspecified atom stereocenters. The number of para-hydroxylation sites is 1. The number of nitrogen functional groups attached to an aromatic ring is 1. The molecule has 2 aromatic rings. The van der Waals surface area contributed by atoms with Gasteiger partial charge in [-0.3, -0.25) is 19.1 Å². The van der Waals surface area contributed by atoms with Crippen LogP contribution in [0.5, 0.6) is 5.75 Å². The average Bonchev–Trinajstić information content (AvgIpc) is 2.62. The Morgan fingerprint density at radius 1 is 1.14 bits per heavy atom. The van der Waals surface area contributed by atoms with Crippen LogP contribution < -0.4 is 26.6 Å². The highest BCUT2D eigenvalue weighted by Gasteiger charge is 2.25. The lowest BCUT2D eigenvalue weighted by Gasteiger charge is -2.26. The molecule has 1 aromatic carbocycles. The van der Waals surface area contributed by atoms with Crippen molar-refractivity contribution in [2.75, 3.05) is 23.8 Å². The average molecular weight is 388 g/mol. The van der Waals surface area contributed by atoms with Crippen LogP contribution in [0.4, 0.5) is 11.5 Å². The molecule has 0 atom stereocenters. The van der Waals surface area contributed by atoms with Gasteiger partial charge in [0.15, 0.2) is 12.3 Å². The quantitative estimate of drug-likeness (QED) is 0.717. The van der Waals surface area contributed by atoms with Gasteiger partial charge in [0.2, 0.25) is 0 Å². The van der Waals surface area contributed by atoms with Gasteiger partial charge in [-0.15, -0.1) is 0 Å². The molecule has 2 rings (SSSR count). The summed E-state index contributed by atoms with van der Waals surface area (Å²) in [5.74, 6) is 0.326. The van der Waals surface area contributed by atoms with Crippen molar-refractivity contribution in [2.45, 2.75) is 34.2 Å². The molecule has 0 aliphatic rings. The van der Waals surface area contributed by atoms with Crippen LogP contribution in [-0.4, -0.2) is 28.6 Å². The number of amides is 1. The number of ether oxygens (including phenoxy) is 1. The Labute approximate surface area is 163 Å². The minimum atomic E-state index is -0.684. The van der Waals surface area contributed by atoms with E-state index in [0.29, 0.717) is 12.3 Å². The lowest BCUT2D eigenvalue weighted by molar-refractivity contribution is -0.120. The molecular weight excluding hydrogens is 360 g/mol. The molecule has 0 bridgehead atoms. The smallest absolute Gasteiger partial charge is 0.330 e. The summed E-state index contributed by atoms with van der Waals surface area (Å²) in [6.45, 7) is 8.06. The highest BCUT2D eigenvalue weighted by molar-refractivity contribution is 5.96. The van der Waals surface area contributed by atoms with Crippen molar-refractivity contribution >= 4 is 17.4 Å². The van der Waals surface area contributed by atoms with E-state index >= 15 is 0 Å². The maximum Gasteiger partial charge on any atom is 0.330 e. The first-order chi connectivity index (χ1) is 13.2. The van der Waals surface area contributed by atoms with Crippen molar-refractivity contribution in [3.05, 3.63) is 51.2 Å². The second-order valence-electron chi connectivity index (χ2n) is 7.50. The standard InChI is InChI=1S/C20H28N4O4/c1-13(2)10-23(16(25)12-28-15-8-6-5-7-9-15)17-18(21)24(11-14(3)4)20(27)22-19(17)26/h5-9,13-14H,10-12,21H2,1-4H3,(H,22,26,27). The summed E-state index contributed by atoms with van der Waals surface area (Å²) in [5.41, 5.74) is 4.88. The van der Waals surface area contributed by atoms with E-state index in [-0.39, 0.29) is 36.5 Å². The molecule has 1 aromatic heterocycles. The number of rotatable bonds is 8. The number of benzene rings is 1. The molecule has 0 aliphatic carbocycles. The summed E-state index contributed by atoms with van der Waals surface area (Å²) in [6, 6.07) is 8.93. The molecule has 152 valence electrons. The van der Waals surface area contributed by atoms with Gasteiger partial charge >= 0.3 is 5.69 Å². The first-order valence-corrected chi connectivity index (χ1v) is 9.31. The summed E-state index contributed by atoms with van der Waals surface area (Å²) in [5, 5.41) is 0. The predicted molar refractivity (Wildman–Crippen MR) is 110 cm³/mol. The Bertz CT molecular complexity index is 916. The second kappa shape index (κ2) is 9.25. The highest BCUT2D eigenvalue weighted by atomic mass is 16.5. The number of nitrogens with zero attached hydrogens (tertiary/aromatic N) is 2. The van der Waals surface area contributed by atoms with Crippen LogP contribution >= 0.6 is 0 Å². The van der Waals surface area contributed by atoms with Gasteiger partial charge in [-0.25, -0.2) is 4.79 Å². The summed E-state index contributed by atoms with van der Waals surface area (Å²) < 4.78 is 6.83. The van der Waals surface area contributed by atoms with Crippen molar-refractivity contribution < 1.29 is 9.53 Å². The third kappa shape index (κ3) is 5.25. The first kappa shape index (κ1) is 21.3. The Hall–Kier alpha value is -3.03. The van der Waals surface area contributed by atoms with E-state index in [1.807, 2.05) is 33.8 Å². The summed E-state index contributed by atoms with van der Waals surface area (Å²) in [6.07, 6.45) is 0. The molecule has 0 aliphatic heterocycles. The zero-order valence-electron chi connectivity index (χ0n) is 16.8. The van der Waals surface area contributed by atoms with Crippen molar-refractivity contribution in [3.63, 3.8) is 0 Å². The van der Waals surface area contributed by atoms with Gasteiger partial charge in [0, 0.05) is 13.1 Å². The van der Waals surface area contributed by atoms with E-state index in [0.717, 1.165) is 0 Å². The number of H-pyrrole nitrogens is 1. The van der Waals surface area contributed by atoms with E-state index in [1.54, 1.807) is 24.3 Å². The molecule has 8 nitrogen and oxygen atoms in total. The first-order valence-electron chi connectivity index (χ1n) is 9.31. The molecule has 0 saturated carbocycles. The fraction of sp³-hybridized carbons (Fsp3) is 0.450. The summed E-state index contributed by atoms with van der Waals surface area (Å²) in [7, 11) is 0.